The number of nitrogens with zero attached hydrogens (tertiary/aromatic N) is 2. The summed E-state index contributed by atoms with van der Waals surface area (Å²) < 4.78 is 4.65. The van der Waals surface area contributed by atoms with Crippen LogP contribution in [0.5, 0.6) is 0 Å². The van der Waals surface area contributed by atoms with Crippen LogP contribution in [-0.4, -0.2) is 9.13 Å². The monoisotopic (exact) mass is 576 g/mol. The number of benzene rings is 2. The molecule has 3 aromatic rings. The zero-order valence-corrected chi connectivity index (χ0v) is 24.8. The van der Waals surface area contributed by atoms with Gasteiger partial charge in [-0.2, -0.15) is 0 Å². The van der Waals surface area contributed by atoms with Crippen LogP contribution in [0.3, 0.4) is 0 Å². The minimum absolute atomic E-state index is 0. The third-order valence-corrected chi connectivity index (χ3v) is 5.84. The van der Waals surface area contributed by atoms with Gasteiger partial charge in [0.1, 0.15) is 23.8 Å². The molecule has 1 aromatic heterocycles. The van der Waals surface area contributed by atoms with Crippen LogP contribution in [0.4, 0.5) is 0 Å². The molecule has 184 valence electrons. The van der Waals surface area contributed by atoms with Gasteiger partial charge in [-0.15, -0.1) is 0 Å². The van der Waals surface area contributed by atoms with Gasteiger partial charge in [-0.25, -0.2) is 9.13 Å². The van der Waals surface area contributed by atoms with E-state index >= 15 is 0 Å². The number of hydrogen-bond donors (Lipinski definition) is 0. The van der Waals surface area contributed by atoms with Crippen LogP contribution in [0.2, 0.25) is 0 Å². The first-order valence-electron chi connectivity index (χ1n) is 11.3. The second-order valence-corrected chi connectivity index (χ2v) is 12.1. The minimum atomic E-state index is -0.346. The molecule has 0 saturated heterocycles. The summed E-state index contributed by atoms with van der Waals surface area (Å²) in [6.45, 7) is 18.3. The molecule has 0 aliphatic heterocycles. The first-order valence-corrected chi connectivity index (χ1v) is 15.8. The van der Waals surface area contributed by atoms with Gasteiger partial charge in [-0.3, -0.25) is 0 Å². The van der Waals surface area contributed by atoms with Gasteiger partial charge >= 0.3 is 34.5 Å². The molecule has 1 heterocycles. The number of rotatable bonds is 6. The molecule has 0 aliphatic rings. The Morgan fingerprint density at radius 2 is 0.848 bits per heavy atom. The van der Waals surface area contributed by atoms with Gasteiger partial charge in [0.25, 0.3) is 0 Å². The number of halogens is 2. The summed E-state index contributed by atoms with van der Waals surface area (Å²) in [5.41, 5.74) is 8.29. The molecule has 0 N–H and O–H groups in total. The SMILES string of the molecule is CC(C)c1cccc(C(C)C)c1-n1ccn(-c2c(C(C)C)cccc2C(C)C)[cH+]1.[CH3-].[Cl][Ru][Cl]. The molecule has 2 aromatic carbocycles. The van der Waals surface area contributed by atoms with Crippen molar-refractivity contribution in [2.45, 2.75) is 79.1 Å². The van der Waals surface area contributed by atoms with Crippen molar-refractivity contribution in [3.63, 3.8) is 0 Å². The van der Waals surface area contributed by atoms with E-state index in [9.17, 15) is 0 Å². The number of para-hydroxylation sites is 2. The average molecular weight is 577 g/mol. The van der Waals surface area contributed by atoms with Crippen molar-refractivity contribution in [2.24, 2.45) is 0 Å². The van der Waals surface area contributed by atoms with Crippen LogP contribution in [-0.2, 0) is 15.1 Å². The van der Waals surface area contributed by atoms with Crippen LogP contribution >= 0.6 is 19.4 Å². The maximum absolute atomic E-state index is 4.85. The molecular weight excluding hydrogens is 536 g/mol. The van der Waals surface area contributed by atoms with E-state index < -0.39 is 0 Å². The normalized spacial score (nSPS) is 11.2. The van der Waals surface area contributed by atoms with E-state index in [0.717, 1.165) is 0 Å². The van der Waals surface area contributed by atoms with E-state index in [1.54, 1.807) is 0 Å². The van der Waals surface area contributed by atoms with Crippen molar-refractivity contribution in [3.05, 3.63) is 84.8 Å². The molecular formula is C28H40Cl2N2Ru. The Morgan fingerprint density at radius 3 is 1.06 bits per heavy atom. The van der Waals surface area contributed by atoms with Gasteiger partial charge in [-0.1, -0.05) is 67.5 Å². The molecule has 0 bridgehead atoms. The third kappa shape index (κ3) is 7.17. The van der Waals surface area contributed by atoms with Crippen molar-refractivity contribution >= 4 is 19.4 Å². The second kappa shape index (κ2) is 13.7. The number of aromatic nitrogens is 2. The van der Waals surface area contributed by atoms with Gasteiger partial charge in [0.05, 0.1) is 0 Å². The van der Waals surface area contributed by atoms with Crippen LogP contribution in [0, 0.1) is 7.43 Å². The molecule has 0 radical (unpaired) electrons. The summed E-state index contributed by atoms with van der Waals surface area (Å²) in [4.78, 5) is 0. The quantitative estimate of drug-likeness (QED) is 0.204. The Bertz CT molecular complexity index is 876. The Labute approximate surface area is 218 Å². The van der Waals surface area contributed by atoms with Gasteiger partial charge in [0.2, 0.25) is 0 Å². The van der Waals surface area contributed by atoms with E-state index in [4.69, 9.17) is 19.4 Å². The van der Waals surface area contributed by atoms with Crippen molar-refractivity contribution in [1.29, 1.82) is 0 Å². The molecule has 2 nitrogen and oxygen atoms in total. The number of imidazole rings is 1. The van der Waals surface area contributed by atoms with E-state index in [2.05, 4.69) is 120 Å². The van der Waals surface area contributed by atoms with Gasteiger partial charge < -0.3 is 7.43 Å². The molecule has 5 heteroatoms. The summed E-state index contributed by atoms with van der Waals surface area (Å²) in [5.74, 6) is 1.92. The summed E-state index contributed by atoms with van der Waals surface area (Å²) in [5, 5.41) is 0. The molecule has 0 amide bonds. The van der Waals surface area contributed by atoms with E-state index in [1.165, 1.54) is 33.6 Å². The van der Waals surface area contributed by atoms with Crippen LogP contribution in [0.15, 0.2) is 55.1 Å². The fourth-order valence-electron chi connectivity index (χ4n) is 4.24. The zero-order chi connectivity index (χ0) is 24.0. The fourth-order valence-corrected chi connectivity index (χ4v) is 4.24. The van der Waals surface area contributed by atoms with Gasteiger partial charge in [-0.05, 0) is 47.9 Å². The molecule has 0 saturated carbocycles. The Hall–Kier alpha value is -1.15. The molecule has 0 atom stereocenters. The number of hydrogen-bond acceptors (Lipinski definition) is 0. The summed E-state index contributed by atoms with van der Waals surface area (Å²) in [7, 11) is 9.71. The fraction of sp³-hybridized carbons (Fsp3) is 0.429. The van der Waals surface area contributed by atoms with Crippen molar-refractivity contribution in [1.82, 2.24) is 9.13 Å². The predicted octanol–water partition coefficient (Wildman–Crippen LogP) is 9.87. The van der Waals surface area contributed by atoms with Gasteiger partial charge in [0, 0.05) is 22.3 Å². The topological polar surface area (TPSA) is 9.86 Å². The zero-order valence-electron chi connectivity index (χ0n) is 21.5. The molecule has 0 unspecified atom stereocenters. The van der Waals surface area contributed by atoms with Crippen LogP contribution in [0.1, 0.15) is 101 Å². The van der Waals surface area contributed by atoms with E-state index in [0.29, 0.717) is 23.7 Å². The predicted molar refractivity (Wildman–Crippen MR) is 144 cm³/mol. The molecule has 33 heavy (non-hydrogen) atoms. The Morgan fingerprint density at radius 1 is 0.606 bits per heavy atom. The summed E-state index contributed by atoms with van der Waals surface area (Å²) in [6.07, 6.45) is 6.70. The molecule has 3 rings (SSSR count). The van der Waals surface area contributed by atoms with Crippen molar-refractivity contribution < 1.29 is 15.1 Å². The van der Waals surface area contributed by atoms with Gasteiger partial charge in [0.15, 0.2) is 6.33 Å². The van der Waals surface area contributed by atoms with Crippen molar-refractivity contribution in [2.75, 3.05) is 0 Å². The Kier molecular flexibility index (Phi) is 12.4. The van der Waals surface area contributed by atoms with Crippen LogP contribution < -0.4 is 0 Å². The Balaban J connectivity index is 0.00000129. The average Bonchev–Trinajstić information content (AvgIpc) is 3.22. The van der Waals surface area contributed by atoms with E-state index in [1.807, 2.05) is 0 Å². The summed E-state index contributed by atoms with van der Waals surface area (Å²) in [6, 6.07) is 13.5. The molecule has 0 fully saturated rings. The molecule has 0 spiro atoms. The maximum atomic E-state index is 4.85. The van der Waals surface area contributed by atoms with E-state index in [-0.39, 0.29) is 22.6 Å². The third-order valence-electron chi connectivity index (χ3n) is 5.84. The first-order chi connectivity index (χ1) is 15.1. The second-order valence-electron chi connectivity index (χ2n) is 9.47. The first kappa shape index (κ1) is 29.9. The van der Waals surface area contributed by atoms with Crippen LogP contribution in [0.25, 0.3) is 11.4 Å². The summed E-state index contributed by atoms with van der Waals surface area (Å²) >= 11 is -0.346. The van der Waals surface area contributed by atoms with Crippen molar-refractivity contribution in [3.8, 4) is 11.4 Å². The standard InChI is InChI=1S/C27H37N2.CH3.2ClH.Ru/c1-18(2)22-11-9-12-23(19(3)4)26(22)28-15-16-29(17-28)27-24(20(5)6)13-10-14-25(27)21(7)8;;;;/h9-21H,1-8H3;1H3;2*1H;/q+1;-1;;;+2/p-2. The molecule has 0 aliphatic carbocycles.